The van der Waals surface area contributed by atoms with Crippen LogP contribution >= 0.6 is 23.5 Å². The molecule has 0 saturated carbocycles. The van der Waals surface area contributed by atoms with E-state index in [9.17, 15) is 0 Å². The highest BCUT2D eigenvalue weighted by molar-refractivity contribution is 8.18. The topological polar surface area (TPSA) is 0 Å². The lowest BCUT2D eigenvalue weighted by molar-refractivity contribution is 1.23. The van der Waals surface area contributed by atoms with Crippen molar-refractivity contribution in [3.63, 3.8) is 0 Å². The molecule has 0 aliphatic carbocycles. The second-order valence-electron chi connectivity index (χ2n) is 2.36. The van der Waals surface area contributed by atoms with E-state index in [4.69, 9.17) is 0 Å². The smallest absolute Gasteiger partial charge is 0.0487 e. The molecule has 0 unspecified atom stereocenters. The molecule has 1 heterocycles. The molecule has 52 valence electrons. The fraction of sp³-hybridized carbons (Fsp3) is 0.250. The normalized spacial score (nSPS) is 15.3. The van der Waals surface area contributed by atoms with Crippen LogP contribution in [0.25, 0.3) is 0 Å². The van der Waals surface area contributed by atoms with Gasteiger partial charge in [0.2, 0.25) is 0 Å². The molecule has 10 heavy (non-hydrogen) atoms. The molecule has 0 spiro atoms. The highest BCUT2D eigenvalue weighted by Gasteiger charge is 2.10. The van der Waals surface area contributed by atoms with Gasteiger partial charge in [-0.05, 0) is 24.6 Å². The van der Waals surface area contributed by atoms with Crippen molar-refractivity contribution in [3.05, 3.63) is 23.8 Å². The van der Waals surface area contributed by atoms with Crippen LogP contribution in [-0.4, -0.2) is 5.08 Å². The van der Waals surface area contributed by atoms with Crippen LogP contribution in [0.3, 0.4) is 0 Å². The Balaban J connectivity index is 2.52. The molecule has 0 radical (unpaired) electrons. The van der Waals surface area contributed by atoms with Crippen molar-refractivity contribution in [1.29, 1.82) is 0 Å². The van der Waals surface area contributed by atoms with Gasteiger partial charge in [-0.3, -0.25) is 0 Å². The van der Waals surface area contributed by atoms with Crippen molar-refractivity contribution < 1.29 is 0 Å². The predicted octanol–water partition coefficient (Wildman–Crippen LogP) is 3.15. The van der Waals surface area contributed by atoms with Crippen LogP contribution in [0.2, 0.25) is 0 Å². The maximum atomic E-state index is 2.26. The lowest BCUT2D eigenvalue weighted by Crippen LogP contribution is -1.73. The van der Waals surface area contributed by atoms with Crippen LogP contribution in [0.1, 0.15) is 5.56 Å². The third-order valence-electron chi connectivity index (χ3n) is 1.53. The Morgan fingerprint density at radius 1 is 1.20 bits per heavy atom. The fourth-order valence-corrected chi connectivity index (χ4v) is 3.45. The standard InChI is InChI=1S/C8H8S2/c1-6-2-3-7-8(4-6)10-5-9-7/h2-4H,5H2,1H3. The number of hydrogen-bond acceptors (Lipinski definition) is 2. The van der Waals surface area contributed by atoms with E-state index in [0.717, 1.165) is 0 Å². The maximum absolute atomic E-state index is 2.26. The molecule has 0 aromatic heterocycles. The van der Waals surface area contributed by atoms with Crippen molar-refractivity contribution >= 4 is 23.5 Å². The molecule has 0 N–H and O–H groups in total. The summed E-state index contributed by atoms with van der Waals surface area (Å²) in [6.45, 7) is 2.14. The summed E-state index contributed by atoms with van der Waals surface area (Å²) in [6.07, 6.45) is 0. The van der Waals surface area contributed by atoms with Crippen LogP contribution in [0.5, 0.6) is 0 Å². The van der Waals surface area contributed by atoms with Crippen molar-refractivity contribution in [3.8, 4) is 0 Å². The van der Waals surface area contributed by atoms with Gasteiger partial charge in [-0.1, -0.05) is 6.07 Å². The Labute approximate surface area is 69.4 Å². The molecule has 0 bridgehead atoms. The molecular formula is C8H8S2. The van der Waals surface area contributed by atoms with Crippen LogP contribution in [0.15, 0.2) is 28.0 Å². The minimum absolute atomic E-state index is 1.19. The average Bonchev–Trinajstić information content (AvgIpc) is 2.33. The molecule has 0 nitrogen and oxygen atoms in total. The average molecular weight is 168 g/mol. The minimum atomic E-state index is 1.19. The van der Waals surface area contributed by atoms with Gasteiger partial charge in [0, 0.05) is 14.9 Å². The quantitative estimate of drug-likeness (QED) is 0.583. The first-order valence-electron chi connectivity index (χ1n) is 3.22. The molecule has 2 rings (SSSR count). The van der Waals surface area contributed by atoms with Gasteiger partial charge in [0.1, 0.15) is 0 Å². The third-order valence-corrected chi connectivity index (χ3v) is 3.92. The van der Waals surface area contributed by atoms with E-state index in [2.05, 4.69) is 25.1 Å². The van der Waals surface area contributed by atoms with E-state index in [1.54, 1.807) is 0 Å². The highest BCUT2D eigenvalue weighted by Crippen LogP contribution is 2.41. The summed E-state index contributed by atoms with van der Waals surface area (Å²) in [6, 6.07) is 6.66. The number of fused-ring (bicyclic) bond motifs is 1. The van der Waals surface area contributed by atoms with Gasteiger partial charge in [-0.15, -0.1) is 23.5 Å². The van der Waals surface area contributed by atoms with E-state index >= 15 is 0 Å². The number of hydrogen-bond donors (Lipinski definition) is 0. The first-order chi connectivity index (χ1) is 4.86. The van der Waals surface area contributed by atoms with Crippen molar-refractivity contribution in [2.75, 3.05) is 5.08 Å². The molecular weight excluding hydrogens is 160 g/mol. The van der Waals surface area contributed by atoms with Crippen molar-refractivity contribution in [2.24, 2.45) is 0 Å². The highest BCUT2D eigenvalue weighted by atomic mass is 32.2. The van der Waals surface area contributed by atoms with Crippen LogP contribution in [-0.2, 0) is 0 Å². The molecule has 1 aromatic rings. The Hall–Kier alpha value is -0.0800. The third kappa shape index (κ3) is 1.06. The Morgan fingerprint density at radius 2 is 2.00 bits per heavy atom. The molecule has 1 aliphatic heterocycles. The van der Waals surface area contributed by atoms with E-state index in [-0.39, 0.29) is 0 Å². The summed E-state index contributed by atoms with van der Waals surface area (Å²) >= 11 is 3.88. The van der Waals surface area contributed by atoms with E-state index in [0.29, 0.717) is 0 Å². The van der Waals surface area contributed by atoms with Gasteiger partial charge in [-0.25, -0.2) is 0 Å². The van der Waals surface area contributed by atoms with Crippen molar-refractivity contribution in [2.45, 2.75) is 16.7 Å². The predicted molar refractivity (Wildman–Crippen MR) is 47.8 cm³/mol. The number of aryl methyl sites for hydroxylation is 1. The lowest BCUT2D eigenvalue weighted by atomic mass is 10.2. The zero-order valence-corrected chi connectivity index (χ0v) is 7.39. The van der Waals surface area contributed by atoms with Crippen LogP contribution in [0.4, 0.5) is 0 Å². The number of thioether (sulfide) groups is 2. The maximum Gasteiger partial charge on any atom is 0.0487 e. The van der Waals surface area contributed by atoms with Gasteiger partial charge in [0.15, 0.2) is 0 Å². The largest absolute Gasteiger partial charge is 0.114 e. The summed E-state index contributed by atoms with van der Waals surface area (Å²) in [5.41, 5.74) is 1.37. The van der Waals surface area contributed by atoms with Crippen molar-refractivity contribution in [1.82, 2.24) is 0 Å². The summed E-state index contributed by atoms with van der Waals surface area (Å²) < 4.78 is 0. The summed E-state index contributed by atoms with van der Waals surface area (Å²) in [4.78, 5) is 2.92. The molecule has 0 atom stereocenters. The SMILES string of the molecule is Cc1ccc2c(c1)SCS2. The van der Waals surface area contributed by atoms with Crippen LogP contribution in [0, 0.1) is 6.92 Å². The van der Waals surface area contributed by atoms with Gasteiger partial charge in [0.05, 0.1) is 0 Å². The molecule has 0 saturated heterocycles. The summed E-state index contributed by atoms with van der Waals surface area (Å²) in [7, 11) is 0. The monoisotopic (exact) mass is 168 g/mol. The lowest BCUT2D eigenvalue weighted by Gasteiger charge is -1.96. The zero-order valence-electron chi connectivity index (χ0n) is 5.76. The minimum Gasteiger partial charge on any atom is -0.114 e. The first-order valence-corrected chi connectivity index (χ1v) is 5.19. The summed E-state index contributed by atoms with van der Waals surface area (Å²) in [5.74, 6) is 0. The molecule has 1 aromatic carbocycles. The molecule has 2 heteroatoms. The van der Waals surface area contributed by atoms with Gasteiger partial charge in [-0.2, -0.15) is 0 Å². The second kappa shape index (κ2) is 2.51. The number of benzene rings is 1. The zero-order chi connectivity index (χ0) is 6.97. The van der Waals surface area contributed by atoms with Gasteiger partial charge < -0.3 is 0 Å². The molecule has 0 amide bonds. The molecule has 1 aliphatic rings. The first kappa shape index (κ1) is 6.62. The van der Waals surface area contributed by atoms with E-state index in [1.807, 2.05) is 23.5 Å². The van der Waals surface area contributed by atoms with E-state index in [1.165, 1.54) is 20.4 Å². The Kier molecular flexibility index (Phi) is 1.66. The Bertz CT molecular complexity index is 255. The van der Waals surface area contributed by atoms with Crippen LogP contribution < -0.4 is 0 Å². The van der Waals surface area contributed by atoms with E-state index < -0.39 is 0 Å². The fourth-order valence-electron chi connectivity index (χ4n) is 1.00. The van der Waals surface area contributed by atoms with Gasteiger partial charge in [0.25, 0.3) is 0 Å². The Morgan fingerprint density at radius 3 is 2.90 bits per heavy atom. The summed E-state index contributed by atoms with van der Waals surface area (Å²) in [5, 5.41) is 1.19. The van der Waals surface area contributed by atoms with Gasteiger partial charge >= 0.3 is 0 Å². The number of rotatable bonds is 0. The molecule has 0 fully saturated rings. The second-order valence-corrected chi connectivity index (χ2v) is 4.76.